The summed E-state index contributed by atoms with van der Waals surface area (Å²) >= 11 is 1.91. The van der Waals surface area contributed by atoms with Crippen molar-refractivity contribution in [3.8, 4) is 10.6 Å². The van der Waals surface area contributed by atoms with Gasteiger partial charge in [0.25, 0.3) is 0 Å². The minimum absolute atomic E-state index is 0. The molecule has 0 saturated carbocycles. The molecule has 0 saturated heterocycles. The Labute approximate surface area is 315 Å². The van der Waals surface area contributed by atoms with E-state index in [0.29, 0.717) is 0 Å². The van der Waals surface area contributed by atoms with E-state index in [9.17, 15) is 0 Å². The molecule has 1 aromatic rings. The van der Waals surface area contributed by atoms with E-state index in [0.717, 1.165) is 116 Å². The van der Waals surface area contributed by atoms with Crippen LogP contribution in [0.25, 0.3) is 20.8 Å². The number of aromatic nitrogens is 1. The second-order valence-electron chi connectivity index (χ2n) is 13.0. The highest BCUT2D eigenvalue weighted by Crippen LogP contribution is 2.32. The van der Waals surface area contributed by atoms with Crippen molar-refractivity contribution >= 4 is 27.2 Å². The predicted molar refractivity (Wildman–Crippen MR) is 213 cm³/mol. The highest BCUT2D eigenvalue weighted by Gasteiger charge is 2.15. The summed E-state index contributed by atoms with van der Waals surface area (Å²) < 4.78 is 3.91. The first-order chi connectivity index (χ1) is 23.4. The van der Waals surface area contributed by atoms with Gasteiger partial charge in [-0.05, 0) is 103 Å². The van der Waals surface area contributed by atoms with Crippen LogP contribution in [0.4, 0.5) is 5.69 Å². The SMILES string of the molecule is CCN(CC)CCCN(CCCN(CC)CC)c1ccc2nc3ccc(=[N+](CCCN(CC)CC)CCCN(CC)CC)cc-3sc2c1.[Br-]. The number of nitrogens with zero attached hydrogens (tertiary/aromatic N) is 7. The standard InChI is InChI=1S/C40H70N7S.BrH/c1-9-42(10-2)25-17-29-46(30-18-26-43(11-3)12-4)35-21-23-37-39(33-35)48-40-34-36(22-24-38(40)41-37)47(31-19-27-44(13-5)14-6)32-20-28-45(15-7)16-8;/h21-24,33-34H,9-20,25-32H2,1-8H3;1H/q+1;/p-1. The van der Waals surface area contributed by atoms with Gasteiger partial charge in [-0.15, -0.1) is 11.3 Å². The Bertz CT molecular complexity index is 1290. The van der Waals surface area contributed by atoms with Gasteiger partial charge in [0.05, 0.1) is 20.8 Å². The maximum absolute atomic E-state index is 5.16. The Morgan fingerprint density at radius 3 is 1.49 bits per heavy atom. The van der Waals surface area contributed by atoms with Crippen LogP contribution in [0.5, 0.6) is 0 Å². The monoisotopic (exact) mass is 759 g/mol. The zero-order chi connectivity index (χ0) is 34.7. The van der Waals surface area contributed by atoms with Gasteiger partial charge in [0, 0.05) is 56.8 Å². The third-order valence-electron chi connectivity index (χ3n) is 10.3. The number of anilines is 1. The zero-order valence-corrected chi connectivity index (χ0v) is 34.9. The number of rotatable bonds is 25. The highest BCUT2D eigenvalue weighted by atomic mass is 79.9. The first kappa shape index (κ1) is 43.5. The molecule has 49 heavy (non-hydrogen) atoms. The van der Waals surface area contributed by atoms with E-state index in [1.807, 2.05) is 11.3 Å². The third-order valence-corrected chi connectivity index (χ3v) is 11.4. The molecule has 7 nitrogen and oxygen atoms in total. The van der Waals surface area contributed by atoms with Crippen LogP contribution in [0.15, 0.2) is 36.4 Å². The van der Waals surface area contributed by atoms with Crippen LogP contribution in [0.3, 0.4) is 0 Å². The largest absolute Gasteiger partial charge is 1.00 e. The van der Waals surface area contributed by atoms with Crippen molar-refractivity contribution < 1.29 is 17.0 Å². The first-order valence-electron chi connectivity index (χ1n) is 19.5. The van der Waals surface area contributed by atoms with Crippen LogP contribution < -0.4 is 31.8 Å². The van der Waals surface area contributed by atoms with Crippen molar-refractivity contribution in [1.82, 2.24) is 29.2 Å². The second-order valence-corrected chi connectivity index (χ2v) is 14.1. The summed E-state index contributed by atoms with van der Waals surface area (Å²) in [6.45, 7) is 36.2. The fraction of sp³-hybridized carbons (Fsp3) is 0.700. The maximum Gasteiger partial charge on any atom is 0.201 e. The zero-order valence-electron chi connectivity index (χ0n) is 32.5. The molecule has 9 heteroatoms. The molecular formula is C40H70BrN7S. The molecule has 1 aliphatic heterocycles. The number of hydrogen-bond acceptors (Lipinski definition) is 7. The minimum atomic E-state index is 0. The van der Waals surface area contributed by atoms with Gasteiger partial charge in [-0.1, -0.05) is 55.4 Å². The summed E-state index contributed by atoms with van der Waals surface area (Å²) in [6.07, 6.45) is 4.75. The molecule has 0 amide bonds. The molecule has 0 fully saturated rings. The van der Waals surface area contributed by atoms with Gasteiger partial charge in [-0.2, -0.15) is 0 Å². The molecule has 3 rings (SSSR count). The topological polar surface area (TPSA) is 32.1 Å². The molecule has 0 atom stereocenters. The van der Waals surface area contributed by atoms with E-state index in [1.54, 1.807) is 0 Å². The van der Waals surface area contributed by atoms with E-state index in [-0.39, 0.29) is 17.0 Å². The van der Waals surface area contributed by atoms with Crippen LogP contribution >= 0.6 is 11.3 Å². The average Bonchev–Trinajstić information content (AvgIpc) is 3.12. The second kappa shape index (κ2) is 24.5. The highest BCUT2D eigenvalue weighted by molar-refractivity contribution is 7.21. The number of fused-ring (bicyclic) bond motifs is 2. The average molecular weight is 761 g/mol. The fourth-order valence-corrected chi connectivity index (χ4v) is 7.87. The fourth-order valence-electron chi connectivity index (χ4n) is 6.84. The quantitative estimate of drug-likeness (QED) is 0.0964. The summed E-state index contributed by atoms with van der Waals surface area (Å²) in [5.74, 6) is 0. The van der Waals surface area contributed by atoms with Gasteiger partial charge in [0.15, 0.2) is 0 Å². The Kier molecular flexibility index (Phi) is 21.8. The lowest BCUT2D eigenvalue weighted by Gasteiger charge is -2.28. The summed E-state index contributed by atoms with van der Waals surface area (Å²) in [6, 6.07) is 14.0. The Hall–Kier alpha value is -1.62. The number of benzene rings is 2. The van der Waals surface area contributed by atoms with E-state index < -0.39 is 0 Å². The van der Waals surface area contributed by atoms with Crippen LogP contribution in [0.1, 0.15) is 81.1 Å². The molecule has 278 valence electrons. The van der Waals surface area contributed by atoms with Crippen LogP contribution in [0, 0.1) is 0 Å². The van der Waals surface area contributed by atoms with Gasteiger partial charge >= 0.3 is 0 Å². The molecule has 0 N–H and O–H groups in total. The van der Waals surface area contributed by atoms with Crippen molar-refractivity contribution in [2.45, 2.75) is 81.1 Å². The lowest BCUT2D eigenvalue weighted by Crippen LogP contribution is -3.00. The predicted octanol–water partition coefficient (Wildman–Crippen LogP) is 3.91. The minimum Gasteiger partial charge on any atom is -1.00 e. The molecule has 1 aliphatic carbocycles. The van der Waals surface area contributed by atoms with Crippen LogP contribution in [-0.2, 0) is 0 Å². The van der Waals surface area contributed by atoms with E-state index in [2.05, 4.69) is 121 Å². The van der Waals surface area contributed by atoms with E-state index >= 15 is 0 Å². The van der Waals surface area contributed by atoms with Gasteiger partial charge < -0.3 is 41.5 Å². The number of halogens is 1. The van der Waals surface area contributed by atoms with Crippen LogP contribution in [-0.4, -0.2) is 129 Å². The van der Waals surface area contributed by atoms with Gasteiger partial charge in [-0.25, -0.2) is 9.56 Å². The summed E-state index contributed by atoms with van der Waals surface area (Å²) in [5, 5.41) is 1.34. The van der Waals surface area contributed by atoms with Gasteiger partial charge in [-0.3, -0.25) is 0 Å². The maximum atomic E-state index is 5.16. The molecule has 1 heterocycles. The van der Waals surface area contributed by atoms with Crippen molar-refractivity contribution in [3.63, 3.8) is 0 Å². The summed E-state index contributed by atoms with van der Waals surface area (Å²) in [5.41, 5.74) is 3.54. The Morgan fingerprint density at radius 2 is 1.02 bits per heavy atom. The lowest BCUT2D eigenvalue weighted by atomic mass is 10.2. The third kappa shape index (κ3) is 14.1. The molecule has 0 spiro atoms. The smallest absolute Gasteiger partial charge is 0.201 e. The van der Waals surface area contributed by atoms with Crippen molar-refractivity contribution in [1.29, 1.82) is 0 Å². The van der Waals surface area contributed by atoms with E-state index in [1.165, 1.54) is 46.3 Å². The lowest BCUT2D eigenvalue weighted by molar-refractivity contribution is -0.0000104. The summed E-state index contributed by atoms with van der Waals surface area (Å²) in [7, 11) is 0. The summed E-state index contributed by atoms with van der Waals surface area (Å²) in [4.78, 5) is 19.2. The van der Waals surface area contributed by atoms with Gasteiger partial charge in [0.1, 0.15) is 13.1 Å². The molecule has 0 aromatic heterocycles. The van der Waals surface area contributed by atoms with Crippen molar-refractivity contribution in [2.75, 3.05) is 110 Å². The molecule has 0 unspecified atom stereocenters. The molecule has 2 aliphatic rings. The molecule has 1 aromatic carbocycles. The molecule has 0 radical (unpaired) electrons. The normalized spacial score (nSPS) is 11.8. The Balaban J connectivity index is 0.00000833. The van der Waals surface area contributed by atoms with Crippen molar-refractivity contribution in [2.24, 2.45) is 0 Å². The Morgan fingerprint density at radius 1 is 0.551 bits per heavy atom. The molecule has 0 bridgehead atoms. The van der Waals surface area contributed by atoms with Crippen LogP contribution in [0.2, 0.25) is 0 Å². The van der Waals surface area contributed by atoms with Crippen molar-refractivity contribution in [3.05, 3.63) is 41.8 Å². The molecular weight excluding hydrogens is 690 g/mol. The van der Waals surface area contributed by atoms with E-state index in [4.69, 9.17) is 4.98 Å². The number of hydrogen-bond donors (Lipinski definition) is 0. The van der Waals surface area contributed by atoms with Gasteiger partial charge in [0.2, 0.25) is 5.36 Å². The first-order valence-corrected chi connectivity index (χ1v) is 20.3.